The third kappa shape index (κ3) is 3.08. The summed E-state index contributed by atoms with van der Waals surface area (Å²) in [4.78, 5) is 33.1. The Morgan fingerprint density at radius 2 is 2.09 bits per heavy atom. The fraction of sp³-hybridized carbons (Fsp3) is 0.312. The molecule has 3 rings (SSSR count). The van der Waals surface area contributed by atoms with Crippen molar-refractivity contribution in [3.05, 3.63) is 52.5 Å². The Morgan fingerprint density at radius 1 is 1.32 bits per heavy atom. The molecular weight excluding hydrogens is 298 g/mol. The number of carbonyl (C=O) groups is 2. The summed E-state index contributed by atoms with van der Waals surface area (Å²) in [5.41, 5.74) is 2.74. The maximum atomic E-state index is 12.5. The van der Waals surface area contributed by atoms with E-state index in [1.54, 1.807) is 23.0 Å². The Balaban J connectivity index is 1.68. The summed E-state index contributed by atoms with van der Waals surface area (Å²) in [7, 11) is 1.88. The Hall–Kier alpha value is -2.05. The first-order valence-corrected chi connectivity index (χ1v) is 7.99. The fourth-order valence-corrected chi connectivity index (χ4v) is 3.28. The van der Waals surface area contributed by atoms with Gasteiger partial charge in [-0.05, 0) is 12.6 Å². The molecule has 0 bridgehead atoms. The van der Waals surface area contributed by atoms with Crippen molar-refractivity contribution in [2.45, 2.75) is 25.6 Å². The van der Waals surface area contributed by atoms with Crippen molar-refractivity contribution in [2.75, 3.05) is 7.05 Å². The molecule has 114 valence electrons. The lowest BCUT2D eigenvalue weighted by Crippen LogP contribution is -2.39. The van der Waals surface area contributed by atoms with Crippen LogP contribution in [0.1, 0.15) is 16.9 Å². The molecule has 1 saturated heterocycles. The summed E-state index contributed by atoms with van der Waals surface area (Å²) >= 11 is 1.55. The molecule has 22 heavy (non-hydrogen) atoms. The van der Waals surface area contributed by atoms with E-state index < -0.39 is 0 Å². The number of amides is 2. The Kier molecular flexibility index (Phi) is 4.31. The minimum absolute atomic E-state index is 0.102. The van der Waals surface area contributed by atoms with E-state index in [0.717, 1.165) is 10.4 Å². The summed E-state index contributed by atoms with van der Waals surface area (Å²) < 4.78 is 0. The lowest BCUT2D eigenvalue weighted by Gasteiger charge is -2.22. The number of hydrogen-bond acceptors (Lipinski definition) is 5. The molecule has 0 N–H and O–H groups in total. The standard InChI is InChI=1S/C16H17N3O2S/c1-18(10-13-8-17-11-22-13)14-7-15(20)19(16(14)21)9-12-5-3-2-4-6-12/h2-6,8,11,14H,7,9-10H2,1H3. The molecule has 6 heteroatoms. The number of rotatable bonds is 5. The van der Waals surface area contributed by atoms with Gasteiger partial charge in [-0.15, -0.1) is 11.3 Å². The molecule has 0 aliphatic carbocycles. The maximum Gasteiger partial charge on any atom is 0.247 e. The van der Waals surface area contributed by atoms with Crippen LogP contribution >= 0.6 is 11.3 Å². The molecule has 1 unspecified atom stereocenters. The van der Waals surface area contributed by atoms with Crippen LogP contribution in [-0.2, 0) is 22.7 Å². The van der Waals surface area contributed by atoms with Crippen molar-refractivity contribution >= 4 is 23.2 Å². The fourth-order valence-electron chi connectivity index (χ4n) is 2.62. The van der Waals surface area contributed by atoms with E-state index in [1.165, 1.54) is 4.90 Å². The molecule has 1 atom stereocenters. The van der Waals surface area contributed by atoms with Crippen LogP contribution in [0.25, 0.3) is 0 Å². The van der Waals surface area contributed by atoms with Crippen molar-refractivity contribution < 1.29 is 9.59 Å². The van der Waals surface area contributed by atoms with Gasteiger partial charge in [0.05, 0.1) is 24.5 Å². The molecule has 1 aliphatic rings. The van der Waals surface area contributed by atoms with Crippen LogP contribution in [0.2, 0.25) is 0 Å². The van der Waals surface area contributed by atoms with Crippen LogP contribution in [0.15, 0.2) is 42.0 Å². The second kappa shape index (κ2) is 6.37. The first-order chi connectivity index (χ1) is 10.6. The van der Waals surface area contributed by atoms with Crippen molar-refractivity contribution in [3.63, 3.8) is 0 Å². The van der Waals surface area contributed by atoms with E-state index in [0.29, 0.717) is 13.1 Å². The van der Waals surface area contributed by atoms with Crippen molar-refractivity contribution in [1.29, 1.82) is 0 Å². The SMILES string of the molecule is CN(Cc1cncs1)C1CC(=O)N(Cc2ccccc2)C1=O. The minimum Gasteiger partial charge on any atom is -0.289 e. The predicted octanol–water partition coefficient (Wildman–Crippen LogP) is 1.90. The first-order valence-electron chi connectivity index (χ1n) is 7.11. The van der Waals surface area contributed by atoms with Crippen molar-refractivity contribution in [3.8, 4) is 0 Å². The van der Waals surface area contributed by atoms with Crippen molar-refractivity contribution in [1.82, 2.24) is 14.8 Å². The van der Waals surface area contributed by atoms with Gasteiger partial charge in [-0.25, -0.2) is 0 Å². The molecule has 0 spiro atoms. The van der Waals surface area contributed by atoms with Gasteiger partial charge in [0.2, 0.25) is 11.8 Å². The van der Waals surface area contributed by atoms with Crippen LogP contribution < -0.4 is 0 Å². The number of nitrogens with zero attached hydrogens (tertiary/aromatic N) is 3. The first kappa shape index (κ1) is 14.9. The number of aromatic nitrogens is 1. The molecule has 1 aliphatic heterocycles. The molecule has 1 aromatic carbocycles. The number of thiazole rings is 1. The Bertz CT molecular complexity index is 657. The van der Waals surface area contributed by atoms with Gasteiger partial charge < -0.3 is 0 Å². The highest BCUT2D eigenvalue weighted by Crippen LogP contribution is 2.22. The molecule has 2 amide bonds. The van der Waals surface area contributed by atoms with E-state index in [4.69, 9.17) is 0 Å². The zero-order chi connectivity index (χ0) is 15.5. The average molecular weight is 315 g/mol. The molecule has 1 aromatic heterocycles. The Morgan fingerprint density at radius 3 is 2.77 bits per heavy atom. The molecule has 2 heterocycles. The molecule has 1 fully saturated rings. The molecule has 2 aromatic rings. The topological polar surface area (TPSA) is 53.5 Å². The maximum absolute atomic E-state index is 12.5. The van der Waals surface area contributed by atoms with Crippen LogP contribution in [-0.4, -0.2) is 39.7 Å². The number of carbonyl (C=O) groups excluding carboxylic acids is 2. The van der Waals surface area contributed by atoms with Crippen LogP contribution in [0.4, 0.5) is 0 Å². The highest BCUT2D eigenvalue weighted by molar-refractivity contribution is 7.09. The van der Waals surface area contributed by atoms with Gasteiger partial charge in [-0.1, -0.05) is 30.3 Å². The van der Waals surface area contributed by atoms with Crippen LogP contribution in [0, 0.1) is 0 Å². The quantitative estimate of drug-likeness (QED) is 0.791. The average Bonchev–Trinajstić information content (AvgIpc) is 3.11. The van der Waals surface area contributed by atoms with E-state index >= 15 is 0 Å². The van der Waals surface area contributed by atoms with Gasteiger partial charge >= 0.3 is 0 Å². The summed E-state index contributed by atoms with van der Waals surface area (Å²) in [5.74, 6) is -0.212. The normalized spacial score (nSPS) is 18.5. The number of benzene rings is 1. The van der Waals surface area contributed by atoms with Crippen LogP contribution in [0.3, 0.4) is 0 Å². The number of likely N-dealkylation sites (N-methyl/N-ethyl adjacent to an activating group) is 1. The van der Waals surface area contributed by atoms with E-state index in [-0.39, 0.29) is 24.3 Å². The molecule has 0 radical (unpaired) electrons. The minimum atomic E-state index is -0.377. The second-order valence-corrected chi connectivity index (χ2v) is 6.38. The van der Waals surface area contributed by atoms with Gasteiger partial charge in [-0.3, -0.25) is 24.4 Å². The number of likely N-dealkylation sites (tertiary alicyclic amines) is 1. The van der Waals surface area contributed by atoms with Crippen molar-refractivity contribution in [2.24, 2.45) is 0 Å². The van der Waals surface area contributed by atoms with Gasteiger partial charge in [0, 0.05) is 17.6 Å². The third-order valence-corrected chi connectivity index (χ3v) is 4.59. The number of imide groups is 1. The van der Waals surface area contributed by atoms with Gasteiger partial charge in [0.15, 0.2) is 0 Å². The summed E-state index contributed by atoms with van der Waals surface area (Å²) in [6.45, 7) is 0.983. The second-order valence-electron chi connectivity index (χ2n) is 5.41. The summed E-state index contributed by atoms with van der Waals surface area (Å²) in [5, 5.41) is 0. The highest BCUT2D eigenvalue weighted by Gasteiger charge is 2.40. The smallest absolute Gasteiger partial charge is 0.247 e. The van der Waals surface area contributed by atoms with Crippen LogP contribution in [0.5, 0.6) is 0 Å². The highest BCUT2D eigenvalue weighted by atomic mass is 32.1. The Labute approximate surface area is 133 Å². The predicted molar refractivity (Wildman–Crippen MR) is 84.0 cm³/mol. The molecule has 0 saturated carbocycles. The third-order valence-electron chi connectivity index (χ3n) is 3.82. The van der Waals surface area contributed by atoms with E-state index in [1.807, 2.05) is 42.3 Å². The van der Waals surface area contributed by atoms with Gasteiger partial charge in [-0.2, -0.15) is 0 Å². The summed E-state index contributed by atoms with van der Waals surface area (Å²) in [6, 6.07) is 9.21. The molecule has 5 nitrogen and oxygen atoms in total. The lowest BCUT2D eigenvalue weighted by atomic mass is 10.2. The number of hydrogen-bond donors (Lipinski definition) is 0. The molecular formula is C16H17N3O2S. The zero-order valence-electron chi connectivity index (χ0n) is 12.3. The van der Waals surface area contributed by atoms with Gasteiger partial charge in [0.1, 0.15) is 0 Å². The summed E-state index contributed by atoms with van der Waals surface area (Å²) in [6.07, 6.45) is 2.05. The lowest BCUT2D eigenvalue weighted by molar-refractivity contribution is -0.140. The van der Waals surface area contributed by atoms with E-state index in [9.17, 15) is 9.59 Å². The largest absolute Gasteiger partial charge is 0.289 e. The van der Waals surface area contributed by atoms with E-state index in [2.05, 4.69) is 4.98 Å². The van der Waals surface area contributed by atoms with Gasteiger partial charge in [0.25, 0.3) is 0 Å². The zero-order valence-corrected chi connectivity index (χ0v) is 13.1. The monoisotopic (exact) mass is 315 g/mol.